The van der Waals surface area contributed by atoms with Gasteiger partial charge in [0.25, 0.3) is 0 Å². The van der Waals surface area contributed by atoms with Crippen molar-refractivity contribution < 1.29 is 0 Å². The molecule has 0 aliphatic carbocycles. The molecule has 1 aliphatic rings. The first-order valence-electron chi connectivity index (χ1n) is 6.58. The van der Waals surface area contributed by atoms with E-state index in [4.69, 9.17) is 16.6 Å². The minimum atomic E-state index is -0.00199. The van der Waals surface area contributed by atoms with Crippen molar-refractivity contribution >= 4 is 17.4 Å². The monoisotopic (exact) mass is 285 g/mol. The van der Waals surface area contributed by atoms with Gasteiger partial charge in [-0.15, -0.1) is 0 Å². The van der Waals surface area contributed by atoms with Crippen LogP contribution in [0.1, 0.15) is 22.7 Å². The summed E-state index contributed by atoms with van der Waals surface area (Å²) in [7, 11) is 4.06. The van der Waals surface area contributed by atoms with E-state index in [9.17, 15) is 0 Å². The Kier molecular flexibility index (Phi) is 3.45. The summed E-state index contributed by atoms with van der Waals surface area (Å²) >= 11 is 6.02. The van der Waals surface area contributed by atoms with Crippen LogP contribution in [-0.4, -0.2) is 29.8 Å². The molecule has 0 saturated carbocycles. The number of fused-ring (bicyclic) bond motifs is 1. The molecule has 1 atom stereocenters. The molecule has 0 fully saturated rings. The lowest BCUT2D eigenvalue weighted by Gasteiger charge is -2.27. The van der Waals surface area contributed by atoms with Gasteiger partial charge in [0.1, 0.15) is 17.0 Å². The molecule has 0 saturated heterocycles. The lowest BCUT2D eigenvalue weighted by molar-refractivity contribution is 0.592. The number of amidine groups is 1. The highest BCUT2D eigenvalue weighted by molar-refractivity contribution is 6.29. The lowest BCUT2D eigenvalue weighted by Crippen LogP contribution is -2.28. The van der Waals surface area contributed by atoms with Gasteiger partial charge in [-0.25, -0.2) is 4.98 Å². The fraction of sp³-hybridized carbons (Fsp3) is 0.250. The maximum absolute atomic E-state index is 6.02. The van der Waals surface area contributed by atoms with E-state index in [0.717, 1.165) is 17.8 Å². The second-order valence-corrected chi connectivity index (χ2v) is 5.52. The molecule has 3 nitrogen and oxygen atoms in total. The topological polar surface area (TPSA) is 28.5 Å². The van der Waals surface area contributed by atoms with Gasteiger partial charge >= 0.3 is 0 Å². The van der Waals surface area contributed by atoms with Crippen LogP contribution >= 0.6 is 11.6 Å². The third kappa shape index (κ3) is 2.41. The lowest BCUT2D eigenvalue weighted by atomic mass is 9.91. The van der Waals surface area contributed by atoms with Gasteiger partial charge in [-0.3, -0.25) is 4.99 Å². The molecule has 1 unspecified atom stereocenters. The van der Waals surface area contributed by atoms with E-state index in [-0.39, 0.29) is 6.04 Å². The third-order valence-corrected chi connectivity index (χ3v) is 3.77. The van der Waals surface area contributed by atoms with Crippen molar-refractivity contribution in [3.05, 3.63) is 64.4 Å². The Morgan fingerprint density at radius 3 is 2.75 bits per heavy atom. The maximum Gasteiger partial charge on any atom is 0.129 e. The average Bonchev–Trinajstić information content (AvgIpc) is 2.46. The summed E-state index contributed by atoms with van der Waals surface area (Å²) < 4.78 is 0. The fourth-order valence-corrected chi connectivity index (χ4v) is 2.69. The van der Waals surface area contributed by atoms with E-state index in [1.165, 1.54) is 11.1 Å². The van der Waals surface area contributed by atoms with Gasteiger partial charge in [-0.2, -0.15) is 0 Å². The molecule has 1 aromatic heterocycles. The molecule has 3 rings (SSSR count). The number of halogens is 1. The van der Waals surface area contributed by atoms with Crippen LogP contribution in [0.5, 0.6) is 0 Å². The second kappa shape index (κ2) is 5.25. The van der Waals surface area contributed by atoms with Gasteiger partial charge in [0.2, 0.25) is 0 Å². The van der Waals surface area contributed by atoms with Crippen LogP contribution in [0.4, 0.5) is 0 Å². The number of pyridine rings is 1. The smallest absolute Gasteiger partial charge is 0.129 e. The minimum Gasteiger partial charge on any atom is -0.366 e. The molecule has 0 radical (unpaired) electrons. The Hall–Kier alpha value is -1.87. The van der Waals surface area contributed by atoms with Gasteiger partial charge in [-0.1, -0.05) is 35.9 Å². The number of rotatable bonds is 1. The summed E-state index contributed by atoms with van der Waals surface area (Å²) in [5.74, 6) is 1.08. The van der Waals surface area contributed by atoms with Crippen LogP contribution in [0.25, 0.3) is 0 Å². The molecule has 2 heterocycles. The number of hydrogen-bond acceptors (Lipinski definition) is 3. The van der Waals surface area contributed by atoms with E-state index in [0.29, 0.717) is 5.15 Å². The van der Waals surface area contributed by atoms with Gasteiger partial charge in [0.05, 0.1) is 0 Å². The first-order valence-corrected chi connectivity index (χ1v) is 6.96. The summed E-state index contributed by atoms with van der Waals surface area (Å²) in [6, 6.07) is 12.3. The molecule has 0 N–H and O–H groups in total. The van der Waals surface area contributed by atoms with Gasteiger partial charge in [0, 0.05) is 26.7 Å². The Morgan fingerprint density at radius 1 is 1.20 bits per heavy atom. The number of aromatic nitrogens is 1. The van der Waals surface area contributed by atoms with Crippen molar-refractivity contribution in [2.24, 2.45) is 4.99 Å². The number of likely N-dealkylation sites (N-methyl/N-ethyl adjacent to an activating group) is 1. The number of nitrogens with zero attached hydrogens (tertiary/aromatic N) is 3. The predicted molar refractivity (Wildman–Crippen MR) is 82.4 cm³/mol. The summed E-state index contributed by atoms with van der Waals surface area (Å²) in [6.45, 7) is 0. The molecule has 20 heavy (non-hydrogen) atoms. The van der Waals surface area contributed by atoms with Crippen molar-refractivity contribution in [2.45, 2.75) is 12.5 Å². The van der Waals surface area contributed by atoms with Gasteiger partial charge in [0.15, 0.2) is 0 Å². The highest BCUT2D eigenvalue weighted by atomic mass is 35.5. The fourth-order valence-electron chi connectivity index (χ4n) is 2.51. The van der Waals surface area contributed by atoms with Crippen molar-refractivity contribution in [3.8, 4) is 0 Å². The van der Waals surface area contributed by atoms with Crippen molar-refractivity contribution in [2.75, 3.05) is 14.1 Å². The Morgan fingerprint density at radius 2 is 2.00 bits per heavy atom. The van der Waals surface area contributed by atoms with E-state index in [1.54, 1.807) is 6.20 Å². The number of benzene rings is 1. The first kappa shape index (κ1) is 13.1. The van der Waals surface area contributed by atoms with Crippen molar-refractivity contribution in [3.63, 3.8) is 0 Å². The molecule has 1 aliphatic heterocycles. The Balaban J connectivity index is 2.12. The van der Waals surface area contributed by atoms with Crippen LogP contribution in [-0.2, 0) is 6.42 Å². The standard InChI is InChI=1S/C16H16ClN3/c1-20(2)15-10-11-5-3-4-6-13(11)16(19-15)12-7-8-18-14(17)9-12/h3-9,16H,10H2,1-2H3. The van der Waals surface area contributed by atoms with Crippen LogP contribution in [0, 0.1) is 0 Å². The summed E-state index contributed by atoms with van der Waals surface area (Å²) in [6.07, 6.45) is 2.61. The van der Waals surface area contributed by atoms with Crippen LogP contribution in [0.3, 0.4) is 0 Å². The molecular formula is C16H16ClN3. The second-order valence-electron chi connectivity index (χ2n) is 5.13. The van der Waals surface area contributed by atoms with Crippen LogP contribution < -0.4 is 0 Å². The molecule has 0 spiro atoms. The predicted octanol–water partition coefficient (Wildman–Crippen LogP) is 3.34. The van der Waals surface area contributed by atoms with E-state index < -0.39 is 0 Å². The molecule has 4 heteroatoms. The molecule has 0 amide bonds. The summed E-state index contributed by atoms with van der Waals surface area (Å²) in [5.41, 5.74) is 3.65. The van der Waals surface area contributed by atoms with E-state index in [1.807, 2.05) is 26.2 Å². The zero-order chi connectivity index (χ0) is 14.1. The van der Waals surface area contributed by atoms with Crippen LogP contribution in [0.2, 0.25) is 5.15 Å². The van der Waals surface area contributed by atoms with E-state index >= 15 is 0 Å². The molecule has 0 bridgehead atoms. The maximum atomic E-state index is 6.02. The summed E-state index contributed by atoms with van der Waals surface area (Å²) in [5, 5.41) is 0.507. The van der Waals surface area contributed by atoms with Crippen molar-refractivity contribution in [1.29, 1.82) is 0 Å². The molecule has 102 valence electrons. The highest BCUT2D eigenvalue weighted by Crippen LogP contribution is 2.33. The third-order valence-electron chi connectivity index (χ3n) is 3.56. The number of hydrogen-bond donors (Lipinski definition) is 0. The molecule has 1 aromatic carbocycles. The Bertz CT molecular complexity index is 664. The average molecular weight is 286 g/mol. The van der Waals surface area contributed by atoms with Gasteiger partial charge in [-0.05, 0) is 28.8 Å². The quantitative estimate of drug-likeness (QED) is 0.752. The normalized spacial score (nSPS) is 17.4. The SMILES string of the molecule is CN(C)C1=NC(c2ccnc(Cl)c2)c2ccccc2C1. The Labute approximate surface area is 123 Å². The zero-order valence-electron chi connectivity index (χ0n) is 11.5. The summed E-state index contributed by atoms with van der Waals surface area (Å²) in [4.78, 5) is 11.0. The molecular weight excluding hydrogens is 270 g/mol. The van der Waals surface area contributed by atoms with Crippen LogP contribution in [0.15, 0.2) is 47.6 Å². The van der Waals surface area contributed by atoms with Gasteiger partial charge < -0.3 is 4.90 Å². The highest BCUT2D eigenvalue weighted by Gasteiger charge is 2.23. The van der Waals surface area contributed by atoms with Crippen molar-refractivity contribution in [1.82, 2.24) is 9.88 Å². The minimum absolute atomic E-state index is 0.00199. The first-order chi connectivity index (χ1) is 9.65. The van der Waals surface area contributed by atoms with E-state index in [2.05, 4.69) is 34.1 Å². The molecule has 2 aromatic rings. The number of aliphatic imine (C=N–C) groups is 1. The zero-order valence-corrected chi connectivity index (χ0v) is 12.3. The largest absolute Gasteiger partial charge is 0.366 e.